The van der Waals surface area contributed by atoms with Crippen LogP contribution in [0.4, 0.5) is 0 Å². The van der Waals surface area contributed by atoms with Gasteiger partial charge in [-0.25, -0.2) is 0 Å². The first-order valence-corrected chi connectivity index (χ1v) is 10.7. The highest BCUT2D eigenvalue weighted by Crippen LogP contribution is 2.28. The molecule has 1 unspecified atom stereocenters. The lowest BCUT2D eigenvalue weighted by Crippen LogP contribution is -2.61. The van der Waals surface area contributed by atoms with Gasteiger partial charge in [0.1, 0.15) is 0 Å². The Morgan fingerprint density at radius 1 is 1.17 bits per heavy atom. The van der Waals surface area contributed by atoms with Gasteiger partial charge in [-0.05, 0) is 34.7 Å². The first-order valence-electron chi connectivity index (χ1n) is 9.79. The molecule has 3 heterocycles. The van der Waals surface area contributed by atoms with Gasteiger partial charge in [-0.15, -0.1) is 11.3 Å². The fraction of sp³-hybridized carbons (Fsp3) is 0.261. The quantitative estimate of drug-likeness (QED) is 0.688. The molecule has 30 heavy (non-hydrogen) atoms. The fourth-order valence-corrected chi connectivity index (χ4v) is 4.48. The number of carbonyl (C=O) groups excluding carboxylic acids is 2. The Hall–Kier alpha value is -3.03. The lowest BCUT2D eigenvalue weighted by molar-refractivity contribution is -0.156. The van der Waals surface area contributed by atoms with Crippen LogP contribution in [0.25, 0.3) is 10.4 Å². The standard InChI is InChI=1S/C23H23N3O3S/c1-24-22(28)23(15-17-4-6-18(7-5-17)20-3-2-14-30-20)16-26(12-13-29-23)21(27)19-8-10-25-11-9-19/h2-11,14H,12-13,15-16H2,1H3,(H,24,28). The van der Waals surface area contributed by atoms with Crippen molar-refractivity contribution in [2.24, 2.45) is 0 Å². The van der Waals surface area contributed by atoms with Crippen molar-refractivity contribution in [3.8, 4) is 10.4 Å². The van der Waals surface area contributed by atoms with E-state index in [-0.39, 0.29) is 18.4 Å². The molecule has 3 aromatic rings. The first-order chi connectivity index (χ1) is 14.6. The minimum absolute atomic E-state index is 0.123. The van der Waals surface area contributed by atoms with Crippen LogP contribution in [0.15, 0.2) is 66.3 Å². The number of aromatic nitrogens is 1. The number of nitrogens with one attached hydrogen (secondary N) is 1. The van der Waals surface area contributed by atoms with Gasteiger partial charge in [0.2, 0.25) is 0 Å². The summed E-state index contributed by atoms with van der Waals surface area (Å²) in [5.41, 5.74) is 1.55. The van der Waals surface area contributed by atoms with Crippen LogP contribution in [0.1, 0.15) is 15.9 Å². The average Bonchev–Trinajstić information content (AvgIpc) is 3.34. The number of hydrogen-bond acceptors (Lipinski definition) is 5. The van der Waals surface area contributed by atoms with Crippen LogP contribution in [0.5, 0.6) is 0 Å². The van der Waals surface area contributed by atoms with Crippen LogP contribution in [0.2, 0.25) is 0 Å². The van der Waals surface area contributed by atoms with E-state index < -0.39 is 5.60 Å². The number of benzene rings is 1. The van der Waals surface area contributed by atoms with Crippen LogP contribution in [0, 0.1) is 0 Å². The molecule has 4 rings (SSSR count). The number of rotatable bonds is 5. The van der Waals surface area contributed by atoms with Crippen LogP contribution in [-0.4, -0.2) is 54.0 Å². The normalized spacial score (nSPS) is 18.8. The van der Waals surface area contributed by atoms with E-state index in [0.717, 1.165) is 11.1 Å². The van der Waals surface area contributed by atoms with Gasteiger partial charge in [-0.3, -0.25) is 14.6 Å². The Labute approximate surface area is 179 Å². The maximum absolute atomic E-state index is 12.9. The Morgan fingerprint density at radius 2 is 1.93 bits per heavy atom. The molecule has 2 aromatic heterocycles. The number of morpholine rings is 1. The summed E-state index contributed by atoms with van der Waals surface area (Å²) >= 11 is 1.69. The monoisotopic (exact) mass is 421 g/mol. The van der Waals surface area contributed by atoms with Crippen LogP contribution in [-0.2, 0) is 16.0 Å². The second kappa shape index (κ2) is 8.77. The molecule has 2 amide bonds. The van der Waals surface area contributed by atoms with E-state index in [1.165, 1.54) is 4.88 Å². The van der Waals surface area contributed by atoms with E-state index in [1.807, 2.05) is 23.6 Å². The summed E-state index contributed by atoms with van der Waals surface area (Å²) in [5.74, 6) is -0.348. The van der Waals surface area contributed by atoms with Crippen molar-refractivity contribution in [1.82, 2.24) is 15.2 Å². The summed E-state index contributed by atoms with van der Waals surface area (Å²) in [5, 5.41) is 4.77. The van der Waals surface area contributed by atoms with Crippen molar-refractivity contribution in [3.05, 3.63) is 77.4 Å². The molecule has 1 aliphatic heterocycles. The molecule has 6 nitrogen and oxygen atoms in total. The van der Waals surface area contributed by atoms with E-state index >= 15 is 0 Å². The van der Waals surface area contributed by atoms with Gasteiger partial charge in [0.25, 0.3) is 11.8 Å². The lowest BCUT2D eigenvalue weighted by atomic mass is 9.90. The van der Waals surface area contributed by atoms with E-state index in [4.69, 9.17) is 4.74 Å². The second-order valence-electron chi connectivity index (χ2n) is 7.24. The Bertz CT molecular complexity index is 1010. The average molecular weight is 422 g/mol. The summed E-state index contributed by atoms with van der Waals surface area (Å²) in [6.07, 6.45) is 3.57. The van der Waals surface area contributed by atoms with Gasteiger partial charge in [-0.1, -0.05) is 30.3 Å². The van der Waals surface area contributed by atoms with Crippen LogP contribution in [0.3, 0.4) is 0 Å². The molecule has 1 N–H and O–H groups in total. The Balaban J connectivity index is 1.56. The predicted octanol–water partition coefficient (Wildman–Crippen LogP) is 3.01. The molecule has 1 fully saturated rings. The first kappa shape index (κ1) is 20.3. The van der Waals surface area contributed by atoms with Crippen LogP contribution < -0.4 is 5.32 Å². The highest BCUT2D eigenvalue weighted by atomic mass is 32.1. The van der Waals surface area contributed by atoms with Crippen molar-refractivity contribution >= 4 is 23.2 Å². The SMILES string of the molecule is CNC(=O)C1(Cc2ccc(-c3cccs3)cc2)CN(C(=O)c2ccncc2)CCO1. The minimum atomic E-state index is -1.12. The lowest BCUT2D eigenvalue weighted by Gasteiger charge is -2.41. The molecule has 7 heteroatoms. The van der Waals surface area contributed by atoms with Crippen molar-refractivity contribution in [1.29, 1.82) is 0 Å². The summed E-state index contributed by atoms with van der Waals surface area (Å²) in [4.78, 5) is 32.7. The number of thiophene rings is 1. The number of amides is 2. The molecule has 0 radical (unpaired) electrons. The second-order valence-corrected chi connectivity index (χ2v) is 8.18. The van der Waals surface area contributed by atoms with E-state index in [0.29, 0.717) is 25.1 Å². The molecule has 1 aromatic carbocycles. The molecule has 0 aliphatic carbocycles. The Morgan fingerprint density at radius 3 is 2.60 bits per heavy atom. The maximum Gasteiger partial charge on any atom is 0.254 e. The summed E-state index contributed by atoms with van der Waals surface area (Å²) < 4.78 is 6.02. The number of likely N-dealkylation sites (N-methyl/N-ethyl adjacent to an activating group) is 1. The van der Waals surface area contributed by atoms with Gasteiger partial charge < -0.3 is 15.0 Å². The molecule has 1 aliphatic rings. The van der Waals surface area contributed by atoms with Crippen LogP contribution >= 0.6 is 11.3 Å². The predicted molar refractivity (Wildman–Crippen MR) is 116 cm³/mol. The molecule has 0 spiro atoms. The number of nitrogens with zero attached hydrogens (tertiary/aromatic N) is 2. The van der Waals surface area contributed by atoms with Gasteiger partial charge in [-0.2, -0.15) is 0 Å². The third kappa shape index (κ3) is 4.13. The third-order valence-corrected chi connectivity index (χ3v) is 6.21. The van der Waals surface area contributed by atoms with Gasteiger partial charge in [0, 0.05) is 42.8 Å². The molecular formula is C23H23N3O3S. The number of ether oxygens (including phenoxy) is 1. The van der Waals surface area contributed by atoms with E-state index in [9.17, 15) is 9.59 Å². The zero-order valence-electron chi connectivity index (χ0n) is 16.7. The molecule has 0 saturated carbocycles. The third-order valence-electron chi connectivity index (χ3n) is 5.29. The molecule has 1 saturated heterocycles. The summed E-state index contributed by atoms with van der Waals surface area (Å²) in [7, 11) is 1.59. The fourth-order valence-electron chi connectivity index (χ4n) is 3.75. The van der Waals surface area contributed by atoms with E-state index in [1.54, 1.807) is 47.8 Å². The van der Waals surface area contributed by atoms with Gasteiger partial charge in [0.05, 0.1) is 13.2 Å². The van der Waals surface area contributed by atoms with E-state index in [2.05, 4.69) is 28.5 Å². The number of hydrogen-bond donors (Lipinski definition) is 1. The minimum Gasteiger partial charge on any atom is -0.361 e. The summed E-state index contributed by atoms with van der Waals surface area (Å²) in [6.45, 7) is 0.940. The maximum atomic E-state index is 12.9. The summed E-state index contributed by atoms with van der Waals surface area (Å²) in [6, 6.07) is 15.6. The van der Waals surface area contributed by atoms with Crippen molar-refractivity contribution in [2.75, 3.05) is 26.7 Å². The zero-order chi connectivity index (χ0) is 21.0. The Kier molecular flexibility index (Phi) is 5.92. The number of carbonyl (C=O) groups is 2. The molecule has 154 valence electrons. The highest BCUT2D eigenvalue weighted by molar-refractivity contribution is 7.13. The topological polar surface area (TPSA) is 71.5 Å². The van der Waals surface area contributed by atoms with Crippen molar-refractivity contribution in [2.45, 2.75) is 12.0 Å². The van der Waals surface area contributed by atoms with Gasteiger partial charge in [0.15, 0.2) is 5.60 Å². The van der Waals surface area contributed by atoms with Gasteiger partial charge >= 0.3 is 0 Å². The highest BCUT2D eigenvalue weighted by Gasteiger charge is 2.44. The number of pyridine rings is 1. The van der Waals surface area contributed by atoms with Crippen molar-refractivity contribution < 1.29 is 14.3 Å². The molecule has 1 atom stereocenters. The smallest absolute Gasteiger partial charge is 0.254 e. The van der Waals surface area contributed by atoms with Crippen molar-refractivity contribution in [3.63, 3.8) is 0 Å². The largest absolute Gasteiger partial charge is 0.361 e. The molecule has 0 bridgehead atoms. The molecular weight excluding hydrogens is 398 g/mol. The zero-order valence-corrected chi connectivity index (χ0v) is 17.5.